The number of aromatic nitrogens is 4. The SMILES string of the molecule is Cc1nn(C)c(C)c1-c1cc(C(=O)NCC2CN3CCN2CC3)[nH]n1. The third-order valence-corrected chi connectivity index (χ3v) is 5.48. The lowest BCUT2D eigenvalue weighted by Gasteiger charge is -2.47. The molecule has 3 aliphatic heterocycles. The van der Waals surface area contributed by atoms with Crippen molar-refractivity contribution >= 4 is 5.91 Å². The predicted octanol–water partition coefficient (Wildman–Crippen LogP) is 0.157. The summed E-state index contributed by atoms with van der Waals surface area (Å²) < 4.78 is 1.83. The van der Waals surface area contributed by atoms with Crippen LogP contribution in [0.25, 0.3) is 11.3 Å². The number of carbonyl (C=O) groups excluding carboxylic acids is 1. The zero-order valence-corrected chi connectivity index (χ0v) is 15.0. The van der Waals surface area contributed by atoms with Crippen LogP contribution < -0.4 is 5.32 Å². The van der Waals surface area contributed by atoms with E-state index in [4.69, 9.17) is 0 Å². The van der Waals surface area contributed by atoms with Crippen molar-refractivity contribution < 1.29 is 4.79 Å². The van der Waals surface area contributed by atoms with E-state index in [9.17, 15) is 4.79 Å². The van der Waals surface area contributed by atoms with Crippen LogP contribution in [0.5, 0.6) is 0 Å². The second kappa shape index (κ2) is 6.27. The van der Waals surface area contributed by atoms with Crippen molar-refractivity contribution in [2.75, 3.05) is 39.3 Å². The molecule has 8 heteroatoms. The molecule has 0 spiro atoms. The maximum Gasteiger partial charge on any atom is 0.269 e. The van der Waals surface area contributed by atoms with E-state index < -0.39 is 0 Å². The zero-order valence-electron chi connectivity index (χ0n) is 15.0. The molecule has 3 fully saturated rings. The Labute approximate surface area is 147 Å². The number of hydrogen-bond acceptors (Lipinski definition) is 5. The molecule has 25 heavy (non-hydrogen) atoms. The Morgan fingerprint density at radius 1 is 1.32 bits per heavy atom. The Hall–Kier alpha value is -2.19. The first-order valence-corrected chi connectivity index (χ1v) is 8.83. The highest BCUT2D eigenvalue weighted by molar-refractivity contribution is 5.93. The number of nitrogens with zero attached hydrogens (tertiary/aromatic N) is 5. The molecule has 2 aromatic rings. The van der Waals surface area contributed by atoms with Crippen molar-refractivity contribution in [1.82, 2.24) is 35.1 Å². The minimum Gasteiger partial charge on any atom is -0.349 e. The van der Waals surface area contributed by atoms with Crippen molar-refractivity contribution in [3.8, 4) is 11.3 Å². The Balaban J connectivity index is 1.42. The van der Waals surface area contributed by atoms with Gasteiger partial charge in [-0.1, -0.05) is 0 Å². The van der Waals surface area contributed by atoms with Crippen LogP contribution in [-0.4, -0.2) is 81.0 Å². The third-order valence-electron chi connectivity index (χ3n) is 5.48. The molecule has 5 heterocycles. The number of fused-ring (bicyclic) bond motifs is 3. The number of nitrogens with one attached hydrogen (secondary N) is 2. The van der Waals surface area contributed by atoms with E-state index in [-0.39, 0.29) is 5.91 Å². The standard InChI is InChI=1S/C17H25N7O/c1-11-16(12(2)22(3)21-11)14-8-15(20-19-14)17(25)18-9-13-10-23-4-6-24(13)7-5-23/h8,13H,4-7,9-10H2,1-3H3,(H,18,25)(H,19,20). The average molecular weight is 343 g/mol. The fraction of sp³-hybridized carbons (Fsp3) is 0.588. The fourth-order valence-electron chi connectivity index (χ4n) is 3.93. The largest absolute Gasteiger partial charge is 0.349 e. The average Bonchev–Trinajstić information content (AvgIpc) is 3.19. The van der Waals surface area contributed by atoms with Crippen LogP contribution in [0.2, 0.25) is 0 Å². The highest BCUT2D eigenvalue weighted by atomic mass is 16.1. The number of piperazine rings is 3. The van der Waals surface area contributed by atoms with Crippen LogP contribution in [0, 0.1) is 13.8 Å². The summed E-state index contributed by atoms with van der Waals surface area (Å²) in [6, 6.07) is 2.22. The zero-order chi connectivity index (χ0) is 17.6. The molecule has 0 saturated carbocycles. The number of rotatable bonds is 4. The predicted molar refractivity (Wildman–Crippen MR) is 94.4 cm³/mol. The topological polar surface area (TPSA) is 82.1 Å². The number of aromatic amines is 1. The monoisotopic (exact) mass is 343 g/mol. The van der Waals surface area contributed by atoms with E-state index in [1.54, 1.807) is 0 Å². The minimum absolute atomic E-state index is 0.101. The molecular weight excluding hydrogens is 318 g/mol. The van der Waals surface area contributed by atoms with Crippen molar-refractivity contribution in [3.05, 3.63) is 23.1 Å². The van der Waals surface area contributed by atoms with E-state index in [2.05, 4.69) is 30.4 Å². The van der Waals surface area contributed by atoms with Crippen LogP contribution in [-0.2, 0) is 7.05 Å². The van der Waals surface area contributed by atoms with Gasteiger partial charge in [0.1, 0.15) is 5.69 Å². The van der Waals surface area contributed by atoms with Crippen molar-refractivity contribution in [2.24, 2.45) is 7.05 Å². The number of H-pyrrole nitrogens is 1. The Morgan fingerprint density at radius 2 is 2.08 bits per heavy atom. The van der Waals surface area contributed by atoms with E-state index in [0.29, 0.717) is 18.3 Å². The Kier molecular flexibility index (Phi) is 4.09. The van der Waals surface area contributed by atoms with Gasteiger partial charge in [-0.2, -0.15) is 10.2 Å². The van der Waals surface area contributed by atoms with Crippen molar-refractivity contribution in [2.45, 2.75) is 19.9 Å². The van der Waals surface area contributed by atoms with Crippen LogP contribution in [0.4, 0.5) is 0 Å². The molecular formula is C17H25N7O. The van der Waals surface area contributed by atoms with Crippen LogP contribution in [0.15, 0.2) is 6.07 Å². The van der Waals surface area contributed by atoms with Crippen molar-refractivity contribution in [1.29, 1.82) is 0 Å². The lowest BCUT2D eigenvalue weighted by Crippen LogP contribution is -2.63. The Bertz CT molecular complexity index is 785. The minimum atomic E-state index is -0.101. The summed E-state index contributed by atoms with van der Waals surface area (Å²) in [5, 5.41) is 14.6. The lowest BCUT2D eigenvalue weighted by atomic mass is 10.1. The molecule has 2 aromatic heterocycles. The van der Waals surface area contributed by atoms with Gasteiger partial charge >= 0.3 is 0 Å². The number of carbonyl (C=O) groups is 1. The van der Waals surface area contributed by atoms with Crippen molar-refractivity contribution in [3.63, 3.8) is 0 Å². The molecule has 1 atom stereocenters. The molecule has 3 aliphatic rings. The number of amides is 1. The molecule has 1 amide bonds. The molecule has 3 saturated heterocycles. The highest BCUT2D eigenvalue weighted by Gasteiger charge is 2.31. The summed E-state index contributed by atoms with van der Waals surface area (Å²) in [6.45, 7) is 10.2. The van der Waals surface area contributed by atoms with Gasteiger partial charge in [-0.05, 0) is 19.9 Å². The van der Waals surface area contributed by atoms with Gasteiger partial charge in [-0.3, -0.25) is 24.4 Å². The van der Waals surface area contributed by atoms with E-state index in [0.717, 1.165) is 55.4 Å². The molecule has 2 N–H and O–H groups in total. The van der Waals surface area contributed by atoms with Gasteiger partial charge in [0.25, 0.3) is 5.91 Å². The number of aryl methyl sites for hydroxylation is 2. The van der Waals surface area contributed by atoms with Gasteiger partial charge < -0.3 is 5.32 Å². The summed E-state index contributed by atoms with van der Waals surface area (Å²) in [5.74, 6) is -0.101. The number of hydrogen-bond donors (Lipinski definition) is 2. The molecule has 0 aliphatic carbocycles. The molecule has 0 radical (unpaired) electrons. The summed E-state index contributed by atoms with van der Waals surface area (Å²) in [7, 11) is 1.91. The van der Waals surface area contributed by atoms with Crippen LogP contribution in [0.3, 0.4) is 0 Å². The summed E-state index contributed by atoms with van der Waals surface area (Å²) in [4.78, 5) is 17.4. The maximum atomic E-state index is 12.5. The summed E-state index contributed by atoms with van der Waals surface area (Å²) >= 11 is 0. The van der Waals surface area contributed by atoms with Crippen LogP contribution >= 0.6 is 0 Å². The first kappa shape index (κ1) is 16.3. The van der Waals surface area contributed by atoms with E-state index in [1.807, 2.05) is 31.6 Å². The maximum absolute atomic E-state index is 12.5. The molecule has 0 aromatic carbocycles. The third kappa shape index (κ3) is 2.96. The van der Waals surface area contributed by atoms with Gasteiger partial charge in [0.05, 0.1) is 11.4 Å². The quantitative estimate of drug-likeness (QED) is 0.826. The van der Waals surface area contributed by atoms with Crippen LogP contribution in [0.1, 0.15) is 21.9 Å². The fourth-order valence-corrected chi connectivity index (χ4v) is 3.93. The Morgan fingerprint density at radius 3 is 2.68 bits per heavy atom. The van der Waals surface area contributed by atoms with E-state index >= 15 is 0 Å². The van der Waals surface area contributed by atoms with Gasteiger partial charge in [0, 0.05) is 63.6 Å². The second-order valence-corrected chi connectivity index (χ2v) is 7.04. The van der Waals surface area contributed by atoms with Gasteiger partial charge in [0.15, 0.2) is 0 Å². The van der Waals surface area contributed by atoms with Gasteiger partial charge in [-0.15, -0.1) is 0 Å². The second-order valence-electron chi connectivity index (χ2n) is 7.04. The molecule has 5 rings (SSSR count). The van der Waals surface area contributed by atoms with Gasteiger partial charge in [-0.25, -0.2) is 0 Å². The highest BCUT2D eigenvalue weighted by Crippen LogP contribution is 2.25. The first-order valence-electron chi connectivity index (χ1n) is 8.83. The normalized spacial score (nSPS) is 25.3. The molecule has 8 nitrogen and oxygen atoms in total. The smallest absolute Gasteiger partial charge is 0.269 e. The van der Waals surface area contributed by atoms with Gasteiger partial charge in [0.2, 0.25) is 0 Å². The lowest BCUT2D eigenvalue weighted by molar-refractivity contribution is 0.0138. The van der Waals surface area contributed by atoms with E-state index in [1.165, 1.54) is 0 Å². The summed E-state index contributed by atoms with van der Waals surface area (Å²) in [5.41, 5.74) is 4.20. The summed E-state index contributed by atoms with van der Waals surface area (Å²) in [6.07, 6.45) is 0. The first-order chi connectivity index (χ1) is 12.0. The molecule has 134 valence electrons. The molecule has 1 unspecified atom stereocenters. The molecule has 2 bridgehead atoms.